The monoisotopic (exact) mass is 593 g/mol. The number of esters is 1. The van der Waals surface area contributed by atoms with Gasteiger partial charge < -0.3 is 19.1 Å². The summed E-state index contributed by atoms with van der Waals surface area (Å²) in [6, 6.07) is 7.79. The molecule has 2 aromatic rings. The van der Waals surface area contributed by atoms with Gasteiger partial charge in [0.25, 0.3) is 5.56 Å². The van der Waals surface area contributed by atoms with Gasteiger partial charge in [-0.15, -0.1) is 0 Å². The van der Waals surface area contributed by atoms with Crippen molar-refractivity contribution in [2.45, 2.75) is 55.9 Å². The molecule has 0 radical (unpaired) electrons. The number of nitrogens with one attached hydrogen (secondary N) is 2. The van der Waals surface area contributed by atoms with Crippen molar-refractivity contribution in [1.29, 1.82) is 0 Å². The first-order valence-electron chi connectivity index (χ1n) is 10.8. The number of para-hydroxylation sites is 1. The van der Waals surface area contributed by atoms with Crippen LogP contribution in [-0.4, -0.2) is 56.2 Å². The van der Waals surface area contributed by atoms with Gasteiger partial charge in [0, 0.05) is 12.3 Å². The SMILES string of the molecule is CC(C)OC(=O)C(C)N[P@](=O)(OC[C@H]1O[C@@H](n2ccc(=O)[nH]c2=O)[C@](F)(Br)[C@@H]1O)Oc1ccccc1. The van der Waals surface area contributed by atoms with Crippen LogP contribution < -0.4 is 20.9 Å². The number of halogens is 2. The summed E-state index contributed by atoms with van der Waals surface area (Å²) in [5, 5.41) is 13.0. The molecular weight excluding hydrogens is 568 g/mol. The van der Waals surface area contributed by atoms with E-state index < -0.39 is 66.7 Å². The molecule has 0 bridgehead atoms. The molecule has 1 unspecified atom stereocenters. The molecule has 1 aromatic carbocycles. The quantitative estimate of drug-likeness (QED) is 0.211. The minimum absolute atomic E-state index is 0.142. The van der Waals surface area contributed by atoms with E-state index in [-0.39, 0.29) is 5.75 Å². The van der Waals surface area contributed by atoms with Crippen LogP contribution >= 0.6 is 23.7 Å². The number of hydrogen-bond acceptors (Lipinski definition) is 9. The largest absolute Gasteiger partial charge is 0.462 e. The van der Waals surface area contributed by atoms with E-state index in [1.54, 1.807) is 32.0 Å². The zero-order chi connectivity index (χ0) is 26.7. The van der Waals surface area contributed by atoms with Crippen molar-refractivity contribution >= 4 is 29.6 Å². The molecule has 12 nitrogen and oxygen atoms in total. The molecule has 1 aromatic heterocycles. The number of hydrogen-bond donors (Lipinski definition) is 3. The first-order chi connectivity index (χ1) is 16.8. The number of carbonyl (C=O) groups excluding carboxylic acids is 1. The molecule has 0 saturated carbocycles. The molecular formula is C21H26BrFN3O9P. The number of H-pyrrole nitrogens is 1. The lowest BCUT2D eigenvalue weighted by Gasteiger charge is -2.25. The highest BCUT2D eigenvalue weighted by Gasteiger charge is 2.57. The molecule has 2 heterocycles. The number of aromatic nitrogens is 2. The summed E-state index contributed by atoms with van der Waals surface area (Å²) in [7, 11) is -4.32. The summed E-state index contributed by atoms with van der Waals surface area (Å²) in [4.78, 5) is 37.7. The van der Waals surface area contributed by atoms with Crippen molar-refractivity contribution in [3.63, 3.8) is 0 Å². The normalized spacial score (nSPS) is 26.4. The molecule has 198 valence electrons. The van der Waals surface area contributed by atoms with Crippen molar-refractivity contribution < 1.29 is 37.4 Å². The van der Waals surface area contributed by atoms with Gasteiger partial charge in [-0.2, -0.15) is 5.09 Å². The first kappa shape index (κ1) is 28.2. The molecule has 0 aliphatic carbocycles. The summed E-state index contributed by atoms with van der Waals surface area (Å²) in [6.45, 7) is 4.01. The predicted octanol–water partition coefficient (Wildman–Crippen LogP) is 1.99. The van der Waals surface area contributed by atoms with Crippen molar-refractivity contribution in [2.75, 3.05) is 6.61 Å². The van der Waals surface area contributed by atoms with Crippen LogP contribution in [0, 0.1) is 0 Å². The fourth-order valence-electron chi connectivity index (χ4n) is 3.22. The number of nitrogens with zero attached hydrogens (tertiary/aromatic N) is 1. The highest BCUT2D eigenvalue weighted by atomic mass is 79.9. The molecule has 1 fully saturated rings. The number of aliphatic hydroxyl groups is 1. The minimum atomic E-state index is -4.32. The Morgan fingerprint density at radius 3 is 2.58 bits per heavy atom. The zero-order valence-electron chi connectivity index (χ0n) is 19.5. The average molecular weight is 594 g/mol. The van der Waals surface area contributed by atoms with Crippen LogP contribution in [0.2, 0.25) is 0 Å². The second kappa shape index (κ2) is 11.4. The third kappa shape index (κ3) is 6.69. The zero-order valence-corrected chi connectivity index (χ0v) is 22.0. The van der Waals surface area contributed by atoms with E-state index in [1.807, 2.05) is 4.98 Å². The lowest BCUT2D eigenvalue weighted by Crippen LogP contribution is -2.41. The maximum absolute atomic E-state index is 15.3. The van der Waals surface area contributed by atoms with Gasteiger partial charge in [-0.25, -0.2) is 13.8 Å². The van der Waals surface area contributed by atoms with E-state index >= 15 is 4.39 Å². The number of carbonyl (C=O) groups is 1. The second-order valence-corrected chi connectivity index (χ2v) is 11.1. The Kier molecular flexibility index (Phi) is 8.91. The van der Waals surface area contributed by atoms with Crippen molar-refractivity contribution in [3.8, 4) is 5.75 Å². The van der Waals surface area contributed by atoms with Gasteiger partial charge in [0.15, 0.2) is 6.23 Å². The maximum Gasteiger partial charge on any atom is 0.459 e. The van der Waals surface area contributed by atoms with E-state index in [9.17, 15) is 24.1 Å². The number of aliphatic hydroxyl groups excluding tert-OH is 1. The number of aromatic amines is 1. The lowest BCUT2D eigenvalue weighted by atomic mass is 10.1. The molecule has 0 amide bonds. The predicted molar refractivity (Wildman–Crippen MR) is 128 cm³/mol. The van der Waals surface area contributed by atoms with E-state index in [4.69, 9.17) is 18.5 Å². The molecule has 1 aliphatic rings. The highest BCUT2D eigenvalue weighted by Crippen LogP contribution is 2.49. The van der Waals surface area contributed by atoms with Gasteiger partial charge in [0.1, 0.15) is 24.0 Å². The van der Waals surface area contributed by atoms with E-state index in [2.05, 4.69) is 21.0 Å². The average Bonchev–Trinajstić information content (AvgIpc) is 3.01. The van der Waals surface area contributed by atoms with Gasteiger partial charge in [-0.05, 0) is 48.8 Å². The third-order valence-corrected chi connectivity index (χ3v) is 7.42. The molecule has 3 rings (SSSR count). The molecule has 15 heteroatoms. The molecule has 1 aliphatic heterocycles. The number of rotatable bonds is 10. The van der Waals surface area contributed by atoms with E-state index in [0.717, 1.165) is 16.8 Å². The number of alkyl halides is 2. The second-order valence-electron chi connectivity index (χ2n) is 8.20. The molecule has 3 N–H and O–H groups in total. The summed E-state index contributed by atoms with van der Waals surface area (Å²) < 4.78 is 48.5. The Morgan fingerprint density at radius 2 is 1.97 bits per heavy atom. The molecule has 1 saturated heterocycles. The Morgan fingerprint density at radius 1 is 1.31 bits per heavy atom. The summed E-state index contributed by atoms with van der Waals surface area (Å²) in [6.07, 6.45) is -4.46. The Balaban J connectivity index is 1.80. The Labute approximate surface area is 213 Å². The van der Waals surface area contributed by atoms with Crippen molar-refractivity contribution in [3.05, 3.63) is 63.4 Å². The number of ether oxygens (including phenoxy) is 2. The van der Waals surface area contributed by atoms with Gasteiger partial charge in [0.2, 0.25) is 4.58 Å². The van der Waals surface area contributed by atoms with Crippen LogP contribution in [0.15, 0.2) is 52.2 Å². The number of benzene rings is 1. The van der Waals surface area contributed by atoms with Crippen LogP contribution in [0.25, 0.3) is 0 Å². The first-order valence-corrected chi connectivity index (χ1v) is 13.2. The van der Waals surface area contributed by atoms with Gasteiger partial charge in [0.05, 0.1) is 12.7 Å². The molecule has 0 spiro atoms. The van der Waals surface area contributed by atoms with Crippen LogP contribution in [0.1, 0.15) is 27.0 Å². The molecule has 6 atom stereocenters. The smallest absolute Gasteiger partial charge is 0.459 e. The highest BCUT2D eigenvalue weighted by molar-refractivity contribution is 9.10. The van der Waals surface area contributed by atoms with Crippen molar-refractivity contribution in [2.24, 2.45) is 0 Å². The van der Waals surface area contributed by atoms with Gasteiger partial charge >= 0.3 is 19.4 Å². The van der Waals surface area contributed by atoms with Crippen LogP contribution in [-0.2, 0) is 23.4 Å². The minimum Gasteiger partial charge on any atom is -0.462 e. The van der Waals surface area contributed by atoms with E-state index in [1.165, 1.54) is 19.1 Å². The Hall–Kier alpha value is -2.35. The summed E-state index contributed by atoms with van der Waals surface area (Å²) in [5.74, 6) is -0.577. The van der Waals surface area contributed by atoms with Gasteiger partial charge in [-0.3, -0.25) is 23.7 Å². The van der Waals surface area contributed by atoms with E-state index in [0.29, 0.717) is 0 Å². The summed E-state index contributed by atoms with van der Waals surface area (Å²) in [5.41, 5.74) is -1.68. The fraction of sp³-hybridized carbons (Fsp3) is 0.476. The van der Waals surface area contributed by atoms with Crippen LogP contribution in [0.3, 0.4) is 0 Å². The lowest BCUT2D eigenvalue weighted by molar-refractivity contribution is -0.149. The van der Waals surface area contributed by atoms with Crippen LogP contribution in [0.4, 0.5) is 4.39 Å². The topological polar surface area (TPSA) is 158 Å². The third-order valence-electron chi connectivity index (χ3n) is 4.92. The standard InChI is InChI=1S/C21H26BrFN3O9P/c1-12(2)33-18(29)13(3)25-36(31,35-14-7-5-4-6-8-14)32-11-15-17(28)21(22,23)19(34-15)26-10-9-16(27)24-20(26)30/h4-10,12-13,15,17,19,28H,11H2,1-3H3,(H,25,31)(H,24,27,30)/t13?,15-,17-,19-,21+,36+/m1/s1. The van der Waals surface area contributed by atoms with Crippen LogP contribution in [0.5, 0.6) is 5.75 Å². The Bertz CT molecular complexity index is 1220. The fourth-order valence-corrected chi connectivity index (χ4v) is 5.35. The maximum atomic E-state index is 15.3. The van der Waals surface area contributed by atoms with Crippen molar-refractivity contribution in [1.82, 2.24) is 14.6 Å². The summed E-state index contributed by atoms with van der Waals surface area (Å²) >= 11 is 2.73. The van der Waals surface area contributed by atoms with Gasteiger partial charge in [-0.1, -0.05) is 18.2 Å². The molecule has 36 heavy (non-hydrogen) atoms.